The zero-order valence-electron chi connectivity index (χ0n) is 11.6. The average Bonchev–Trinajstić information content (AvgIpc) is 2.86. The summed E-state index contributed by atoms with van der Waals surface area (Å²) >= 11 is 0. The fourth-order valence-corrected chi connectivity index (χ4v) is 3.14. The van der Waals surface area contributed by atoms with Crippen molar-refractivity contribution in [3.63, 3.8) is 0 Å². The van der Waals surface area contributed by atoms with Gasteiger partial charge in [-0.05, 0) is 52.4 Å². The molecule has 0 aromatic heterocycles. The van der Waals surface area contributed by atoms with Crippen molar-refractivity contribution in [1.29, 1.82) is 0 Å². The van der Waals surface area contributed by atoms with Crippen molar-refractivity contribution in [2.75, 3.05) is 0 Å². The second kappa shape index (κ2) is 4.35. The zero-order chi connectivity index (χ0) is 13.5. The summed E-state index contributed by atoms with van der Waals surface area (Å²) in [5.74, 6) is 0. The molecule has 0 N–H and O–H groups in total. The Balaban J connectivity index is 1.94. The molecule has 0 unspecified atom stereocenters. The zero-order valence-corrected chi connectivity index (χ0v) is 11.6. The fraction of sp³-hybridized carbons (Fsp3) is 0.100. The van der Waals surface area contributed by atoms with E-state index >= 15 is 0 Å². The van der Waals surface area contributed by atoms with Gasteiger partial charge in [0, 0.05) is 0 Å². The maximum atomic E-state index is 2.33. The van der Waals surface area contributed by atoms with E-state index in [1.807, 2.05) is 0 Å². The summed E-state index contributed by atoms with van der Waals surface area (Å²) in [7, 11) is 0. The van der Waals surface area contributed by atoms with Crippen LogP contribution in [0, 0.1) is 0 Å². The highest BCUT2D eigenvalue weighted by atomic mass is 14.2. The van der Waals surface area contributed by atoms with E-state index in [1.54, 1.807) is 0 Å². The Morgan fingerprint density at radius 3 is 2.55 bits per heavy atom. The molecule has 0 bridgehead atoms. The molecule has 0 aliphatic heterocycles. The van der Waals surface area contributed by atoms with Gasteiger partial charge in [-0.3, -0.25) is 0 Å². The molecule has 20 heavy (non-hydrogen) atoms. The Morgan fingerprint density at radius 1 is 0.800 bits per heavy atom. The molecule has 96 valence electrons. The van der Waals surface area contributed by atoms with Crippen LogP contribution in [0.4, 0.5) is 0 Å². The molecule has 0 spiro atoms. The van der Waals surface area contributed by atoms with Gasteiger partial charge in [0.15, 0.2) is 0 Å². The van der Waals surface area contributed by atoms with Crippen molar-refractivity contribution >= 4 is 16.8 Å². The van der Waals surface area contributed by atoms with Gasteiger partial charge in [0.25, 0.3) is 0 Å². The molecule has 0 heterocycles. The van der Waals surface area contributed by atoms with Crippen molar-refractivity contribution in [2.45, 2.75) is 13.3 Å². The van der Waals surface area contributed by atoms with E-state index in [2.05, 4.69) is 73.7 Å². The van der Waals surface area contributed by atoms with Gasteiger partial charge in [-0.25, -0.2) is 0 Å². The minimum Gasteiger partial charge on any atom is -0.0683 e. The number of fused-ring (bicyclic) bond motifs is 2. The molecule has 4 rings (SSSR count). The molecule has 3 aromatic rings. The van der Waals surface area contributed by atoms with Crippen LogP contribution in [0.15, 0.2) is 66.2 Å². The molecular formula is C20H16. The summed E-state index contributed by atoms with van der Waals surface area (Å²) in [6.45, 7) is 2.21. The quantitative estimate of drug-likeness (QED) is 0.542. The second-order valence-electron chi connectivity index (χ2n) is 5.61. The predicted molar refractivity (Wildman–Crippen MR) is 86.7 cm³/mol. The van der Waals surface area contributed by atoms with Crippen molar-refractivity contribution in [2.24, 2.45) is 0 Å². The molecule has 1 aliphatic carbocycles. The molecule has 0 atom stereocenters. The largest absolute Gasteiger partial charge is 0.0683 e. The number of rotatable bonds is 1. The number of hydrogen-bond acceptors (Lipinski definition) is 0. The first-order chi connectivity index (χ1) is 9.81. The van der Waals surface area contributed by atoms with E-state index in [0.29, 0.717) is 0 Å². The molecule has 1 aliphatic rings. The standard InChI is InChI=1S/C20H16/c1-14-11-17-7-4-8-19(20(17)12-14)18-10-9-15-5-2-3-6-16(15)13-18/h2-10,12-13H,11H2,1H3. The van der Waals surface area contributed by atoms with E-state index < -0.39 is 0 Å². The summed E-state index contributed by atoms with van der Waals surface area (Å²) in [5.41, 5.74) is 6.97. The van der Waals surface area contributed by atoms with Crippen LogP contribution < -0.4 is 0 Å². The molecule has 0 saturated carbocycles. The van der Waals surface area contributed by atoms with Crippen LogP contribution in [0.2, 0.25) is 0 Å². The molecule has 0 saturated heterocycles. The summed E-state index contributed by atoms with van der Waals surface area (Å²) < 4.78 is 0. The van der Waals surface area contributed by atoms with Gasteiger partial charge < -0.3 is 0 Å². The van der Waals surface area contributed by atoms with Crippen molar-refractivity contribution in [1.82, 2.24) is 0 Å². The Bertz CT molecular complexity index is 838. The lowest BCUT2D eigenvalue weighted by Crippen LogP contribution is -1.87. The van der Waals surface area contributed by atoms with Crippen LogP contribution in [0.5, 0.6) is 0 Å². The van der Waals surface area contributed by atoms with Gasteiger partial charge >= 0.3 is 0 Å². The number of allylic oxidation sites excluding steroid dienone is 1. The summed E-state index contributed by atoms with van der Waals surface area (Å²) in [5, 5.41) is 2.61. The maximum absolute atomic E-state index is 2.33. The monoisotopic (exact) mass is 256 g/mol. The maximum Gasteiger partial charge on any atom is -0.00604 e. The molecule has 0 nitrogen and oxygen atoms in total. The number of benzene rings is 3. The normalized spacial score (nSPS) is 13.3. The van der Waals surface area contributed by atoms with Crippen molar-refractivity contribution in [3.8, 4) is 11.1 Å². The van der Waals surface area contributed by atoms with Gasteiger partial charge in [0.05, 0.1) is 0 Å². The molecule has 0 amide bonds. The molecule has 0 radical (unpaired) electrons. The third kappa shape index (κ3) is 1.77. The van der Waals surface area contributed by atoms with Crippen LogP contribution in [0.3, 0.4) is 0 Å². The number of hydrogen-bond donors (Lipinski definition) is 0. The highest BCUT2D eigenvalue weighted by molar-refractivity contribution is 5.90. The summed E-state index contributed by atoms with van der Waals surface area (Å²) in [4.78, 5) is 0. The molecule has 0 heteroatoms. The average molecular weight is 256 g/mol. The summed E-state index contributed by atoms with van der Waals surface area (Å²) in [6.07, 6.45) is 3.43. The second-order valence-corrected chi connectivity index (χ2v) is 5.61. The third-order valence-corrected chi connectivity index (χ3v) is 4.12. The molecular weight excluding hydrogens is 240 g/mol. The van der Waals surface area contributed by atoms with E-state index in [4.69, 9.17) is 0 Å². The molecule has 3 aromatic carbocycles. The fourth-order valence-electron chi connectivity index (χ4n) is 3.14. The topological polar surface area (TPSA) is 0 Å². The first kappa shape index (κ1) is 11.5. The van der Waals surface area contributed by atoms with E-state index in [9.17, 15) is 0 Å². The Morgan fingerprint density at radius 2 is 1.65 bits per heavy atom. The first-order valence-corrected chi connectivity index (χ1v) is 7.09. The SMILES string of the molecule is CC1=Cc2c(cccc2-c2ccc3ccccc3c2)C1. The van der Waals surface area contributed by atoms with Gasteiger partial charge in [-0.15, -0.1) is 0 Å². The van der Waals surface area contributed by atoms with Gasteiger partial charge in [-0.2, -0.15) is 0 Å². The van der Waals surface area contributed by atoms with E-state index in [1.165, 1.54) is 38.6 Å². The van der Waals surface area contributed by atoms with E-state index in [-0.39, 0.29) is 0 Å². The third-order valence-electron chi connectivity index (χ3n) is 4.12. The minimum absolute atomic E-state index is 1.09. The lowest BCUT2D eigenvalue weighted by Gasteiger charge is -2.09. The smallest absolute Gasteiger partial charge is 0.00604 e. The lowest BCUT2D eigenvalue weighted by molar-refractivity contribution is 1.20. The predicted octanol–water partition coefficient (Wildman–Crippen LogP) is 5.47. The minimum atomic E-state index is 1.09. The van der Waals surface area contributed by atoms with Gasteiger partial charge in [0.1, 0.15) is 0 Å². The van der Waals surface area contributed by atoms with Crippen LogP contribution in [0.1, 0.15) is 18.1 Å². The Labute approximate surface area is 119 Å². The Kier molecular flexibility index (Phi) is 2.50. The van der Waals surface area contributed by atoms with E-state index in [0.717, 1.165) is 6.42 Å². The highest BCUT2D eigenvalue weighted by Gasteiger charge is 2.14. The van der Waals surface area contributed by atoms with Crippen LogP contribution in [0.25, 0.3) is 28.0 Å². The highest BCUT2D eigenvalue weighted by Crippen LogP contribution is 2.34. The van der Waals surface area contributed by atoms with Gasteiger partial charge in [-0.1, -0.05) is 66.2 Å². The van der Waals surface area contributed by atoms with Crippen LogP contribution in [-0.2, 0) is 6.42 Å². The van der Waals surface area contributed by atoms with Crippen LogP contribution >= 0.6 is 0 Å². The first-order valence-electron chi connectivity index (χ1n) is 7.09. The van der Waals surface area contributed by atoms with Crippen molar-refractivity contribution < 1.29 is 0 Å². The molecule has 0 fully saturated rings. The Hall–Kier alpha value is -2.34. The van der Waals surface area contributed by atoms with Gasteiger partial charge in [0.2, 0.25) is 0 Å². The lowest BCUT2D eigenvalue weighted by atomic mass is 9.95. The summed E-state index contributed by atoms with van der Waals surface area (Å²) in [6, 6.07) is 21.9. The van der Waals surface area contributed by atoms with Crippen LogP contribution in [-0.4, -0.2) is 0 Å². The van der Waals surface area contributed by atoms with Crippen molar-refractivity contribution in [3.05, 3.63) is 77.4 Å².